The number of rotatable bonds is 8. The Morgan fingerprint density at radius 2 is 2.00 bits per heavy atom. The molecule has 5 nitrogen and oxygen atoms in total. The van der Waals surface area contributed by atoms with E-state index in [0.717, 1.165) is 25.2 Å². The Balaban J connectivity index is 2.64. The number of nitrogens with one attached hydrogen (secondary N) is 1. The molecule has 1 aliphatic rings. The third-order valence-electron chi connectivity index (χ3n) is 4.11. The number of hydrogen-bond donors (Lipinski definition) is 1. The Hall–Kier alpha value is -0.818. The first-order chi connectivity index (χ1) is 9.03. The van der Waals surface area contributed by atoms with Crippen LogP contribution in [0.4, 0.5) is 0 Å². The number of hydrogen-bond acceptors (Lipinski definition) is 5. The molecule has 0 spiro atoms. The van der Waals surface area contributed by atoms with Gasteiger partial charge in [0.1, 0.15) is 0 Å². The zero-order valence-electron chi connectivity index (χ0n) is 11.9. The van der Waals surface area contributed by atoms with Gasteiger partial charge in [0.15, 0.2) is 0 Å². The van der Waals surface area contributed by atoms with E-state index in [1.807, 2.05) is 0 Å². The number of ketones is 1. The van der Waals surface area contributed by atoms with E-state index < -0.39 is 26.0 Å². The van der Waals surface area contributed by atoms with Gasteiger partial charge in [0.05, 0.1) is 0 Å². The van der Waals surface area contributed by atoms with Crippen molar-refractivity contribution in [2.45, 2.75) is 44.7 Å². The molecule has 1 rings (SSSR count). The quantitative estimate of drug-likeness (QED) is 0.420. The molecule has 106 valence electrons. The molecular weight excluding hydrogens is 261 g/mol. The first kappa shape index (κ1) is 16.2. The Kier molecular flexibility index (Phi) is 6.06. The monoisotopic (exact) mass is 283 g/mol. The molecule has 0 aromatic carbocycles. The zero-order chi connectivity index (χ0) is 14.5. The van der Waals surface area contributed by atoms with E-state index in [1.165, 1.54) is 0 Å². The molecule has 1 unspecified atom stereocenters. The van der Waals surface area contributed by atoms with E-state index in [-0.39, 0.29) is 19.0 Å². The number of carbonyl (C=O) groups excluding carboxylic acids is 2. The van der Waals surface area contributed by atoms with Gasteiger partial charge in [0.25, 0.3) is 0 Å². The first-order valence-corrected chi connectivity index (χ1v) is 9.40. The fourth-order valence-corrected chi connectivity index (χ4v) is 4.98. The van der Waals surface area contributed by atoms with Crippen molar-refractivity contribution in [3.8, 4) is 0 Å². The van der Waals surface area contributed by atoms with Gasteiger partial charge in [-0.15, -0.1) is 0 Å². The van der Waals surface area contributed by atoms with Crippen molar-refractivity contribution < 1.29 is 18.8 Å². The Bertz CT molecular complexity index is 351. The van der Waals surface area contributed by atoms with Crippen LogP contribution in [0.5, 0.6) is 0 Å². The molecule has 1 saturated heterocycles. The number of Topliss-reactive ketones (excluding diaryl/α,β-unsaturated/α-hetero) is 1. The van der Waals surface area contributed by atoms with Crippen molar-refractivity contribution in [2.75, 3.05) is 13.2 Å². The van der Waals surface area contributed by atoms with Gasteiger partial charge in [-0.3, -0.25) is 0 Å². The average molecular weight is 283 g/mol. The van der Waals surface area contributed by atoms with Crippen LogP contribution in [0, 0.1) is 11.2 Å². The maximum atomic E-state index is 12.1. The van der Waals surface area contributed by atoms with Crippen molar-refractivity contribution in [1.29, 1.82) is 5.31 Å². The third kappa shape index (κ3) is 3.60. The van der Waals surface area contributed by atoms with Gasteiger partial charge < -0.3 is 0 Å². The van der Waals surface area contributed by atoms with E-state index in [2.05, 4.69) is 20.8 Å². The molecule has 7 heteroatoms. The van der Waals surface area contributed by atoms with Crippen LogP contribution < -0.4 is 0 Å². The summed E-state index contributed by atoms with van der Waals surface area (Å²) in [7, 11) is -0.693. The second-order valence-corrected chi connectivity index (χ2v) is 9.71. The Morgan fingerprint density at radius 3 is 2.47 bits per heavy atom. The van der Waals surface area contributed by atoms with Crippen LogP contribution in [0.15, 0.2) is 0 Å². The van der Waals surface area contributed by atoms with Crippen LogP contribution in [0.2, 0.25) is 23.9 Å². The molecule has 2 atom stereocenters. The number of ether oxygens (including phenoxy) is 1. The molecule has 0 aromatic rings. The number of cyclic esters (lactones) is 1. The molecule has 1 heterocycles. The fraction of sp³-hybridized carbons (Fsp3) is 0.833. The summed E-state index contributed by atoms with van der Waals surface area (Å²) < 4.78 is 10.7. The summed E-state index contributed by atoms with van der Waals surface area (Å²) in [5.41, 5.74) is 0. The van der Waals surface area contributed by atoms with Crippen LogP contribution in [-0.2, 0) is 18.8 Å². The van der Waals surface area contributed by atoms with Gasteiger partial charge in [0.2, 0.25) is 0 Å². The van der Waals surface area contributed by atoms with Crippen LogP contribution in [0.25, 0.3) is 0 Å². The van der Waals surface area contributed by atoms with E-state index in [9.17, 15) is 9.59 Å². The Morgan fingerprint density at radius 1 is 1.42 bits per heavy atom. The van der Waals surface area contributed by atoms with Crippen LogP contribution in [0.1, 0.15) is 20.8 Å². The van der Waals surface area contributed by atoms with Gasteiger partial charge in [0, 0.05) is 0 Å². The minimum absolute atomic E-state index is 0.0220. The number of esters is 1. The summed E-state index contributed by atoms with van der Waals surface area (Å²) >= 11 is 0. The molecule has 0 saturated carbocycles. The van der Waals surface area contributed by atoms with Gasteiger partial charge >= 0.3 is 115 Å². The normalized spacial score (nSPS) is 23.0. The van der Waals surface area contributed by atoms with E-state index in [1.54, 1.807) is 0 Å². The second kappa shape index (κ2) is 7.09. The molecule has 1 aliphatic heterocycles. The van der Waals surface area contributed by atoms with E-state index in [4.69, 9.17) is 14.5 Å². The Labute approximate surface area is 115 Å². The third-order valence-corrected chi connectivity index (χ3v) is 8.74. The van der Waals surface area contributed by atoms with Crippen LogP contribution in [0.3, 0.4) is 0 Å². The molecule has 0 amide bonds. The standard InChI is InChI=1S/C12H22BNO4Si/c1-4-19(5-2,6-3)18-8-10(15)11-9(13-14)7-17-12(11)16/h9,11,14H,4-8H2,1-3H3/t9-,11?/m1/s1. The minimum atomic E-state index is -1.82. The van der Waals surface area contributed by atoms with E-state index >= 15 is 0 Å². The summed E-state index contributed by atoms with van der Waals surface area (Å²) in [4.78, 5) is 23.6. The molecule has 0 aromatic heterocycles. The maximum absolute atomic E-state index is 12.1. The first-order valence-electron chi connectivity index (χ1n) is 6.87. The van der Waals surface area contributed by atoms with Crippen LogP contribution in [-0.4, -0.2) is 40.4 Å². The van der Waals surface area contributed by atoms with Gasteiger partial charge in [-0.05, 0) is 0 Å². The van der Waals surface area contributed by atoms with Gasteiger partial charge in [-0.1, -0.05) is 0 Å². The van der Waals surface area contributed by atoms with Crippen molar-refractivity contribution in [2.24, 2.45) is 5.92 Å². The molecule has 1 N–H and O–H groups in total. The molecule has 1 fully saturated rings. The predicted octanol–water partition coefficient (Wildman–Crippen LogP) is 2.01. The van der Waals surface area contributed by atoms with Crippen LogP contribution >= 0.6 is 0 Å². The topological polar surface area (TPSA) is 76.5 Å². The second-order valence-electron chi connectivity index (χ2n) is 4.94. The molecule has 0 radical (unpaired) electrons. The number of carbonyl (C=O) groups is 2. The fourth-order valence-electron chi connectivity index (χ4n) is 2.42. The molecular formula is C12H22BNO4Si. The van der Waals surface area contributed by atoms with Gasteiger partial charge in [-0.2, -0.15) is 0 Å². The van der Waals surface area contributed by atoms with Crippen molar-refractivity contribution >= 4 is 27.1 Å². The summed E-state index contributed by atoms with van der Waals surface area (Å²) in [5.74, 6) is -2.03. The van der Waals surface area contributed by atoms with Gasteiger partial charge in [-0.25, -0.2) is 0 Å². The molecule has 0 bridgehead atoms. The average Bonchev–Trinajstić information content (AvgIpc) is 2.82. The van der Waals surface area contributed by atoms with Crippen molar-refractivity contribution in [1.82, 2.24) is 0 Å². The zero-order valence-corrected chi connectivity index (χ0v) is 12.9. The van der Waals surface area contributed by atoms with Crippen molar-refractivity contribution in [3.63, 3.8) is 0 Å². The summed E-state index contributed by atoms with van der Waals surface area (Å²) in [5, 5.41) is 7.24. The molecule has 0 aliphatic carbocycles. The summed E-state index contributed by atoms with van der Waals surface area (Å²) in [6.45, 7) is 6.39. The van der Waals surface area contributed by atoms with E-state index in [0.29, 0.717) is 0 Å². The molecule has 19 heavy (non-hydrogen) atoms. The predicted molar refractivity (Wildman–Crippen MR) is 74.8 cm³/mol. The summed E-state index contributed by atoms with van der Waals surface area (Å²) in [6, 6.07) is 2.91. The van der Waals surface area contributed by atoms with Crippen molar-refractivity contribution in [3.05, 3.63) is 0 Å². The summed E-state index contributed by atoms with van der Waals surface area (Å²) in [6.07, 6.45) is 0. The SMILES string of the molecule is CC[Si](CC)(CC)OCC(=O)C1C(=O)OC[C@H]1B=N.